The zero-order chi connectivity index (χ0) is 31.1. The second kappa shape index (κ2) is 30.6. The minimum Gasteiger partial charge on any atom is -0.385 e. The summed E-state index contributed by atoms with van der Waals surface area (Å²) < 4.78 is 0. The quantitative estimate of drug-likeness (QED) is 0.0702. The number of rotatable bonds is 33. The summed E-state index contributed by atoms with van der Waals surface area (Å²) in [5.74, 6) is 0. The van der Waals surface area contributed by atoms with Gasteiger partial charge in [0.05, 0.1) is 0 Å². The van der Waals surface area contributed by atoms with Crippen molar-refractivity contribution < 1.29 is 0 Å². The SMILES string of the molecule is CCCCCCCCCCCCCCNc1cc(NCCCCCCCCCCCCCC)cc(NCCCN(C)C)c1. The Morgan fingerprint density at radius 1 is 0.372 bits per heavy atom. The van der Waals surface area contributed by atoms with Gasteiger partial charge in [0, 0.05) is 36.7 Å². The third-order valence-corrected chi connectivity index (χ3v) is 8.76. The van der Waals surface area contributed by atoms with Crippen molar-refractivity contribution in [1.82, 2.24) is 4.90 Å². The average Bonchev–Trinajstić information content (AvgIpc) is 3.00. The van der Waals surface area contributed by atoms with Gasteiger partial charge in [-0.1, -0.05) is 155 Å². The van der Waals surface area contributed by atoms with Crippen LogP contribution in [0.2, 0.25) is 0 Å². The Bertz CT molecular complexity index is 656. The van der Waals surface area contributed by atoms with Crippen LogP contribution < -0.4 is 16.0 Å². The van der Waals surface area contributed by atoms with Gasteiger partial charge in [-0.25, -0.2) is 0 Å². The second-order valence-corrected chi connectivity index (χ2v) is 13.5. The van der Waals surface area contributed by atoms with Gasteiger partial charge in [-0.05, 0) is 58.1 Å². The lowest BCUT2D eigenvalue weighted by atomic mass is 10.1. The minimum absolute atomic E-state index is 1.01. The second-order valence-electron chi connectivity index (χ2n) is 13.5. The molecule has 4 nitrogen and oxygen atoms in total. The summed E-state index contributed by atoms with van der Waals surface area (Å²) in [6.45, 7) is 8.87. The largest absolute Gasteiger partial charge is 0.385 e. The van der Waals surface area contributed by atoms with Gasteiger partial charge in [-0.2, -0.15) is 0 Å². The van der Waals surface area contributed by atoms with Crippen LogP contribution in [0.5, 0.6) is 0 Å². The standard InChI is InChI=1S/C39H76N4/c1-5-7-9-11-13-15-17-19-21-23-25-27-30-40-37-34-38(36-39(35-37)42-32-29-33-43(3)4)41-31-28-26-24-22-20-18-16-14-12-10-8-6-2/h34-36,40-42H,5-33H2,1-4H3. The summed E-state index contributed by atoms with van der Waals surface area (Å²) >= 11 is 0. The summed E-state index contributed by atoms with van der Waals surface area (Å²) in [6, 6.07) is 6.91. The summed E-state index contributed by atoms with van der Waals surface area (Å²) in [5.41, 5.74) is 3.73. The van der Waals surface area contributed by atoms with Crippen molar-refractivity contribution >= 4 is 17.1 Å². The first-order valence-corrected chi connectivity index (χ1v) is 19.2. The molecule has 0 fully saturated rings. The van der Waals surface area contributed by atoms with Crippen molar-refractivity contribution in [1.29, 1.82) is 0 Å². The van der Waals surface area contributed by atoms with E-state index in [0.717, 1.165) is 32.6 Å². The zero-order valence-electron chi connectivity index (χ0n) is 29.7. The summed E-state index contributed by atoms with van der Waals surface area (Å²) in [7, 11) is 4.30. The van der Waals surface area contributed by atoms with Crippen LogP contribution in [-0.4, -0.2) is 45.2 Å². The third kappa shape index (κ3) is 26.7. The number of nitrogens with zero attached hydrogens (tertiary/aromatic N) is 1. The van der Waals surface area contributed by atoms with E-state index in [4.69, 9.17) is 0 Å². The topological polar surface area (TPSA) is 39.3 Å². The number of nitrogens with one attached hydrogen (secondary N) is 3. The van der Waals surface area contributed by atoms with Crippen LogP contribution in [0, 0.1) is 0 Å². The summed E-state index contributed by atoms with van der Waals surface area (Å²) in [5, 5.41) is 11.1. The molecule has 43 heavy (non-hydrogen) atoms. The fourth-order valence-electron chi connectivity index (χ4n) is 5.96. The van der Waals surface area contributed by atoms with Crippen molar-refractivity contribution in [2.24, 2.45) is 0 Å². The summed E-state index contributed by atoms with van der Waals surface area (Å²) in [4.78, 5) is 2.26. The maximum absolute atomic E-state index is 3.73. The van der Waals surface area contributed by atoms with E-state index in [2.05, 4.69) is 67.0 Å². The van der Waals surface area contributed by atoms with Crippen molar-refractivity contribution in [2.45, 2.75) is 174 Å². The van der Waals surface area contributed by atoms with Crippen LogP contribution in [0.3, 0.4) is 0 Å². The molecule has 0 saturated carbocycles. The first-order chi connectivity index (χ1) is 21.2. The lowest BCUT2D eigenvalue weighted by molar-refractivity contribution is 0.405. The van der Waals surface area contributed by atoms with Crippen molar-refractivity contribution in [3.63, 3.8) is 0 Å². The molecule has 0 aliphatic carbocycles. The van der Waals surface area contributed by atoms with E-state index < -0.39 is 0 Å². The Kier molecular flexibility index (Phi) is 28.2. The van der Waals surface area contributed by atoms with Gasteiger partial charge < -0.3 is 20.9 Å². The zero-order valence-corrected chi connectivity index (χ0v) is 29.7. The molecule has 0 aliphatic heterocycles. The molecule has 0 aromatic heterocycles. The molecule has 4 heteroatoms. The van der Waals surface area contributed by atoms with Gasteiger partial charge in [0.2, 0.25) is 0 Å². The number of anilines is 3. The Morgan fingerprint density at radius 2 is 0.628 bits per heavy atom. The van der Waals surface area contributed by atoms with E-state index >= 15 is 0 Å². The Hall–Kier alpha value is -1.42. The molecule has 1 aromatic rings. The van der Waals surface area contributed by atoms with E-state index in [0.29, 0.717) is 0 Å². The maximum Gasteiger partial charge on any atom is 0.0381 e. The Labute approximate surface area is 270 Å². The van der Waals surface area contributed by atoms with E-state index in [9.17, 15) is 0 Å². The molecule has 3 N–H and O–H groups in total. The minimum atomic E-state index is 1.01. The van der Waals surface area contributed by atoms with Gasteiger partial charge in [0.25, 0.3) is 0 Å². The molecule has 0 spiro atoms. The highest BCUT2D eigenvalue weighted by molar-refractivity contribution is 5.67. The van der Waals surface area contributed by atoms with Crippen molar-refractivity contribution in [3.8, 4) is 0 Å². The van der Waals surface area contributed by atoms with Gasteiger partial charge >= 0.3 is 0 Å². The Balaban J connectivity index is 2.25. The van der Waals surface area contributed by atoms with E-state index in [1.54, 1.807) is 0 Å². The van der Waals surface area contributed by atoms with Crippen LogP contribution in [0.4, 0.5) is 17.1 Å². The molecule has 0 aliphatic rings. The highest BCUT2D eigenvalue weighted by Gasteiger charge is 2.03. The number of hydrogen-bond donors (Lipinski definition) is 3. The Morgan fingerprint density at radius 3 is 0.907 bits per heavy atom. The van der Waals surface area contributed by atoms with E-state index in [-0.39, 0.29) is 0 Å². The summed E-state index contributed by atoms with van der Waals surface area (Å²) in [6.07, 6.45) is 34.8. The molecule has 0 amide bonds. The molecule has 0 atom stereocenters. The lowest BCUT2D eigenvalue weighted by Crippen LogP contribution is -2.16. The fourth-order valence-corrected chi connectivity index (χ4v) is 5.96. The lowest BCUT2D eigenvalue weighted by Gasteiger charge is -2.15. The van der Waals surface area contributed by atoms with Crippen LogP contribution >= 0.6 is 0 Å². The van der Waals surface area contributed by atoms with Crippen LogP contribution in [0.25, 0.3) is 0 Å². The molecule has 1 rings (SSSR count). The van der Waals surface area contributed by atoms with Gasteiger partial charge in [-0.15, -0.1) is 0 Å². The van der Waals surface area contributed by atoms with E-state index in [1.807, 2.05) is 0 Å². The van der Waals surface area contributed by atoms with Crippen LogP contribution in [0.1, 0.15) is 174 Å². The molecule has 252 valence electrons. The van der Waals surface area contributed by atoms with Gasteiger partial charge in [-0.3, -0.25) is 0 Å². The smallest absolute Gasteiger partial charge is 0.0381 e. The molecular weight excluding hydrogens is 524 g/mol. The van der Waals surface area contributed by atoms with Crippen LogP contribution in [0.15, 0.2) is 18.2 Å². The molecule has 1 aromatic carbocycles. The van der Waals surface area contributed by atoms with Crippen molar-refractivity contribution in [3.05, 3.63) is 18.2 Å². The first kappa shape index (κ1) is 39.6. The number of benzene rings is 1. The predicted octanol–water partition coefficient (Wildman–Crippen LogP) is 12.3. The van der Waals surface area contributed by atoms with E-state index in [1.165, 1.54) is 171 Å². The highest BCUT2D eigenvalue weighted by Crippen LogP contribution is 2.24. The maximum atomic E-state index is 3.73. The van der Waals surface area contributed by atoms with Gasteiger partial charge in [0.15, 0.2) is 0 Å². The average molecular weight is 601 g/mol. The van der Waals surface area contributed by atoms with Gasteiger partial charge in [0.1, 0.15) is 0 Å². The normalized spacial score (nSPS) is 11.4. The number of unbranched alkanes of at least 4 members (excludes halogenated alkanes) is 22. The number of hydrogen-bond acceptors (Lipinski definition) is 4. The molecular formula is C39H76N4. The molecule has 0 saturated heterocycles. The third-order valence-electron chi connectivity index (χ3n) is 8.76. The highest BCUT2D eigenvalue weighted by atomic mass is 15.1. The molecule has 0 radical (unpaired) electrons. The molecule has 0 bridgehead atoms. The fraction of sp³-hybridized carbons (Fsp3) is 0.846. The van der Waals surface area contributed by atoms with Crippen LogP contribution in [-0.2, 0) is 0 Å². The first-order valence-electron chi connectivity index (χ1n) is 19.2. The molecule has 0 heterocycles. The molecule has 0 unspecified atom stereocenters. The predicted molar refractivity (Wildman–Crippen MR) is 197 cm³/mol. The van der Waals surface area contributed by atoms with Crippen molar-refractivity contribution in [2.75, 3.05) is 56.2 Å². The monoisotopic (exact) mass is 601 g/mol.